The first kappa shape index (κ1) is 9.44. The highest BCUT2D eigenvalue weighted by Gasteiger charge is 2.19. The Morgan fingerprint density at radius 2 is 1.93 bits per heavy atom. The molecule has 3 heteroatoms. The monoisotopic (exact) mass is 197 g/mol. The van der Waals surface area contributed by atoms with E-state index in [1.165, 1.54) is 6.42 Å². The molecule has 1 fully saturated rings. The maximum absolute atomic E-state index is 13.3. The van der Waals surface area contributed by atoms with E-state index >= 15 is 0 Å². The molecule has 0 aliphatic heterocycles. The van der Waals surface area contributed by atoms with Crippen LogP contribution in [-0.2, 0) is 0 Å². The molecule has 1 N–H and O–H groups in total. The summed E-state index contributed by atoms with van der Waals surface area (Å²) < 4.78 is 26.5. The molecule has 1 aromatic rings. The summed E-state index contributed by atoms with van der Waals surface area (Å²) in [5.74, 6) is -1.49. The van der Waals surface area contributed by atoms with E-state index in [-0.39, 0.29) is 5.69 Å². The van der Waals surface area contributed by atoms with Crippen molar-refractivity contribution in [1.29, 1.82) is 0 Å². The molecule has 76 valence electrons. The highest BCUT2D eigenvalue weighted by Crippen LogP contribution is 2.26. The number of halogens is 2. The van der Waals surface area contributed by atoms with E-state index in [1.807, 2.05) is 0 Å². The van der Waals surface area contributed by atoms with Crippen molar-refractivity contribution >= 4 is 5.69 Å². The van der Waals surface area contributed by atoms with Crippen molar-refractivity contribution in [3.05, 3.63) is 29.3 Å². The number of rotatable bonds is 2. The molecule has 1 aliphatic rings. The zero-order valence-corrected chi connectivity index (χ0v) is 8.11. The van der Waals surface area contributed by atoms with Gasteiger partial charge >= 0.3 is 0 Å². The maximum Gasteiger partial charge on any atom is 0.182 e. The van der Waals surface area contributed by atoms with E-state index in [1.54, 1.807) is 19.1 Å². The third kappa shape index (κ3) is 1.59. The van der Waals surface area contributed by atoms with E-state index < -0.39 is 11.6 Å². The molecule has 0 aromatic heterocycles. The Morgan fingerprint density at radius 1 is 1.21 bits per heavy atom. The summed E-state index contributed by atoms with van der Waals surface area (Å²) in [5, 5.41) is 3.00. The number of benzene rings is 1. The van der Waals surface area contributed by atoms with E-state index in [0.29, 0.717) is 11.6 Å². The molecule has 14 heavy (non-hydrogen) atoms. The minimum absolute atomic E-state index is 0.290. The predicted octanol–water partition coefficient (Wildman–Crippen LogP) is 3.24. The van der Waals surface area contributed by atoms with E-state index in [2.05, 4.69) is 5.32 Å². The Bertz CT molecular complexity index is 345. The van der Waals surface area contributed by atoms with Crippen LogP contribution in [-0.4, -0.2) is 6.04 Å². The number of hydrogen-bond acceptors (Lipinski definition) is 1. The van der Waals surface area contributed by atoms with Gasteiger partial charge in [-0.3, -0.25) is 0 Å². The number of hydrogen-bond donors (Lipinski definition) is 1. The molecule has 0 unspecified atom stereocenters. The van der Waals surface area contributed by atoms with Crippen LogP contribution in [0.5, 0.6) is 0 Å². The van der Waals surface area contributed by atoms with Crippen LogP contribution in [0.2, 0.25) is 0 Å². The van der Waals surface area contributed by atoms with Gasteiger partial charge in [-0.1, -0.05) is 6.07 Å². The maximum atomic E-state index is 13.3. The van der Waals surface area contributed by atoms with Gasteiger partial charge in [0.15, 0.2) is 11.6 Å². The number of anilines is 1. The highest BCUT2D eigenvalue weighted by atomic mass is 19.2. The Labute approximate surface area is 82.1 Å². The predicted molar refractivity (Wildman–Crippen MR) is 52.4 cm³/mol. The number of aryl methyl sites for hydroxylation is 1. The lowest BCUT2D eigenvalue weighted by atomic mass is 9.93. The largest absolute Gasteiger partial charge is 0.380 e. The van der Waals surface area contributed by atoms with E-state index in [0.717, 1.165) is 12.8 Å². The molecule has 1 nitrogen and oxygen atoms in total. The average molecular weight is 197 g/mol. The molecule has 0 amide bonds. The zero-order chi connectivity index (χ0) is 10.1. The summed E-state index contributed by atoms with van der Waals surface area (Å²) >= 11 is 0. The van der Waals surface area contributed by atoms with Crippen LogP contribution in [0, 0.1) is 18.6 Å². The quantitative estimate of drug-likeness (QED) is 0.767. The molecule has 2 rings (SSSR count). The van der Waals surface area contributed by atoms with Crippen molar-refractivity contribution < 1.29 is 8.78 Å². The number of nitrogens with one attached hydrogen (secondary N) is 1. The van der Waals surface area contributed by atoms with Gasteiger partial charge in [-0.2, -0.15) is 0 Å². The van der Waals surface area contributed by atoms with E-state index in [9.17, 15) is 8.78 Å². The third-order valence-corrected chi connectivity index (χ3v) is 2.74. The van der Waals surface area contributed by atoms with Gasteiger partial charge in [0.05, 0.1) is 5.69 Å². The fourth-order valence-corrected chi connectivity index (χ4v) is 1.53. The first-order chi connectivity index (χ1) is 6.68. The van der Waals surface area contributed by atoms with Crippen molar-refractivity contribution in [2.24, 2.45) is 0 Å². The first-order valence-corrected chi connectivity index (χ1v) is 4.89. The van der Waals surface area contributed by atoms with Crippen LogP contribution >= 0.6 is 0 Å². The van der Waals surface area contributed by atoms with Crippen molar-refractivity contribution in [3.63, 3.8) is 0 Å². The summed E-state index contributed by atoms with van der Waals surface area (Å²) in [6, 6.07) is 3.53. The van der Waals surface area contributed by atoms with Gasteiger partial charge in [0.1, 0.15) is 0 Å². The molecule has 0 spiro atoms. The lowest BCUT2D eigenvalue weighted by Crippen LogP contribution is -2.27. The third-order valence-electron chi connectivity index (χ3n) is 2.74. The molecule has 0 bridgehead atoms. The molecule has 1 saturated carbocycles. The van der Waals surface area contributed by atoms with Gasteiger partial charge in [0.25, 0.3) is 0 Å². The van der Waals surface area contributed by atoms with Crippen LogP contribution in [0.1, 0.15) is 24.8 Å². The van der Waals surface area contributed by atoms with Gasteiger partial charge in [-0.25, -0.2) is 8.78 Å². The normalized spacial score (nSPS) is 16.5. The van der Waals surface area contributed by atoms with Crippen molar-refractivity contribution in [2.45, 2.75) is 32.2 Å². The van der Waals surface area contributed by atoms with Gasteiger partial charge in [-0.05, 0) is 37.8 Å². The minimum atomic E-state index is -0.753. The SMILES string of the molecule is Cc1ccc(NC2CCC2)c(F)c1F. The van der Waals surface area contributed by atoms with Crippen LogP contribution in [0.15, 0.2) is 12.1 Å². The molecule has 0 radical (unpaired) electrons. The molecular weight excluding hydrogens is 184 g/mol. The molecule has 0 atom stereocenters. The molecule has 1 aromatic carbocycles. The summed E-state index contributed by atoms with van der Waals surface area (Å²) in [7, 11) is 0. The van der Waals surface area contributed by atoms with Crippen molar-refractivity contribution in [2.75, 3.05) is 5.32 Å². The molecular formula is C11H13F2N. The lowest BCUT2D eigenvalue weighted by molar-refractivity contribution is 0.439. The zero-order valence-electron chi connectivity index (χ0n) is 8.11. The van der Waals surface area contributed by atoms with Crippen molar-refractivity contribution in [3.8, 4) is 0 Å². The Balaban J connectivity index is 2.20. The van der Waals surface area contributed by atoms with Gasteiger partial charge in [0, 0.05) is 6.04 Å². The second-order valence-electron chi connectivity index (χ2n) is 3.83. The lowest BCUT2D eigenvalue weighted by Gasteiger charge is -2.27. The summed E-state index contributed by atoms with van der Waals surface area (Å²) in [4.78, 5) is 0. The fourth-order valence-electron chi connectivity index (χ4n) is 1.53. The van der Waals surface area contributed by atoms with Crippen molar-refractivity contribution in [1.82, 2.24) is 0 Å². The molecule has 0 saturated heterocycles. The summed E-state index contributed by atoms with van der Waals surface area (Å²) in [5.41, 5.74) is 0.638. The van der Waals surface area contributed by atoms with Gasteiger partial charge in [0.2, 0.25) is 0 Å². The van der Waals surface area contributed by atoms with Crippen LogP contribution in [0.3, 0.4) is 0 Å². The molecule has 0 heterocycles. The van der Waals surface area contributed by atoms with Gasteiger partial charge in [-0.15, -0.1) is 0 Å². The Kier molecular flexibility index (Phi) is 2.40. The van der Waals surface area contributed by atoms with Crippen LogP contribution < -0.4 is 5.32 Å². The van der Waals surface area contributed by atoms with Crippen LogP contribution in [0.25, 0.3) is 0 Å². The minimum Gasteiger partial charge on any atom is -0.380 e. The average Bonchev–Trinajstić information content (AvgIpc) is 2.10. The molecule has 1 aliphatic carbocycles. The van der Waals surface area contributed by atoms with Crippen LogP contribution in [0.4, 0.5) is 14.5 Å². The summed E-state index contributed by atoms with van der Waals surface area (Å²) in [6.45, 7) is 1.56. The smallest absolute Gasteiger partial charge is 0.182 e. The second kappa shape index (κ2) is 3.56. The Hall–Kier alpha value is -1.12. The topological polar surface area (TPSA) is 12.0 Å². The highest BCUT2D eigenvalue weighted by molar-refractivity contribution is 5.48. The standard InChI is InChI=1S/C11H13F2N/c1-7-5-6-9(11(13)10(7)12)14-8-3-2-4-8/h5-6,8,14H,2-4H2,1H3. The summed E-state index contributed by atoms with van der Waals surface area (Å²) in [6.07, 6.45) is 3.28. The second-order valence-corrected chi connectivity index (χ2v) is 3.83. The fraction of sp³-hybridized carbons (Fsp3) is 0.455. The van der Waals surface area contributed by atoms with E-state index in [4.69, 9.17) is 0 Å². The first-order valence-electron chi connectivity index (χ1n) is 4.89. The Morgan fingerprint density at radius 3 is 2.50 bits per heavy atom. The van der Waals surface area contributed by atoms with Gasteiger partial charge < -0.3 is 5.32 Å².